The number of aliphatic hydroxyl groups excluding tert-OH is 1. The van der Waals surface area contributed by atoms with E-state index in [0.717, 1.165) is 21.7 Å². The number of methoxy groups -OCH3 is 1. The molecule has 2 atom stereocenters. The first-order chi connectivity index (χ1) is 14.6. The zero-order valence-corrected chi connectivity index (χ0v) is 19.3. The van der Waals surface area contributed by atoms with Crippen molar-refractivity contribution in [3.05, 3.63) is 35.0 Å². The largest absolute Gasteiger partial charge is 0.496 e. The molecule has 9 heteroatoms. The number of amides is 2. The van der Waals surface area contributed by atoms with Crippen LogP contribution in [0.5, 0.6) is 5.75 Å². The van der Waals surface area contributed by atoms with Crippen LogP contribution in [0, 0.1) is 6.92 Å². The molecule has 2 heterocycles. The molecule has 1 aliphatic heterocycles. The maximum absolute atomic E-state index is 12.8. The minimum atomic E-state index is -0.782. The van der Waals surface area contributed by atoms with Crippen molar-refractivity contribution >= 4 is 23.3 Å². The normalized spacial score (nSPS) is 18.7. The number of benzene rings is 1. The van der Waals surface area contributed by atoms with Gasteiger partial charge in [0.05, 0.1) is 35.8 Å². The van der Waals surface area contributed by atoms with E-state index in [1.165, 1.54) is 4.90 Å². The van der Waals surface area contributed by atoms with Crippen LogP contribution in [0.2, 0.25) is 0 Å². The highest BCUT2D eigenvalue weighted by molar-refractivity contribution is 7.13. The number of carbonyl (C=O) groups is 2. The SMILES string of the molecule is COc1cc(-c2scnc2C)ccc1CNC(=O)C1C[C@@H](O)CN1C(=O)OC(C)(C)C. The lowest BCUT2D eigenvalue weighted by atomic mass is 10.1. The first-order valence-corrected chi connectivity index (χ1v) is 11.0. The number of aromatic nitrogens is 1. The molecule has 0 bridgehead atoms. The van der Waals surface area contributed by atoms with Crippen LogP contribution in [-0.4, -0.2) is 58.4 Å². The predicted octanol–water partition coefficient (Wildman–Crippen LogP) is 3.11. The Labute approximate surface area is 186 Å². The quantitative estimate of drug-likeness (QED) is 0.730. The molecule has 2 N–H and O–H groups in total. The molecule has 0 spiro atoms. The van der Waals surface area contributed by atoms with E-state index in [-0.39, 0.29) is 25.4 Å². The van der Waals surface area contributed by atoms with Crippen LogP contribution >= 0.6 is 11.3 Å². The lowest BCUT2D eigenvalue weighted by Gasteiger charge is -2.27. The second kappa shape index (κ2) is 9.23. The van der Waals surface area contributed by atoms with Gasteiger partial charge in [0.25, 0.3) is 0 Å². The molecular formula is C22H29N3O5S. The molecule has 1 unspecified atom stereocenters. The summed E-state index contributed by atoms with van der Waals surface area (Å²) in [6.07, 6.45) is -1.20. The Morgan fingerprint density at radius 2 is 2.10 bits per heavy atom. The number of β-amino-alcohol motifs (C(OH)–C–C–N with tert-alkyl or cyclic N) is 1. The zero-order chi connectivity index (χ0) is 22.8. The lowest BCUT2D eigenvalue weighted by molar-refractivity contribution is -0.125. The van der Waals surface area contributed by atoms with E-state index in [4.69, 9.17) is 9.47 Å². The van der Waals surface area contributed by atoms with Gasteiger partial charge in [-0.2, -0.15) is 0 Å². The molecule has 0 saturated carbocycles. The average molecular weight is 448 g/mol. The molecular weight excluding hydrogens is 418 g/mol. The Balaban J connectivity index is 1.69. The monoisotopic (exact) mass is 447 g/mol. The van der Waals surface area contributed by atoms with Gasteiger partial charge in [0.15, 0.2) is 0 Å². The van der Waals surface area contributed by atoms with Gasteiger partial charge < -0.3 is 19.9 Å². The smallest absolute Gasteiger partial charge is 0.411 e. The molecule has 1 saturated heterocycles. The molecule has 31 heavy (non-hydrogen) atoms. The van der Waals surface area contributed by atoms with Crippen LogP contribution in [0.25, 0.3) is 10.4 Å². The van der Waals surface area contributed by atoms with Crippen LogP contribution in [0.3, 0.4) is 0 Å². The highest BCUT2D eigenvalue weighted by atomic mass is 32.1. The van der Waals surface area contributed by atoms with Crippen molar-refractivity contribution in [2.24, 2.45) is 0 Å². The van der Waals surface area contributed by atoms with Gasteiger partial charge in [0, 0.05) is 18.5 Å². The summed E-state index contributed by atoms with van der Waals surface area (Å²) in [4.78, 5) is 31.9. The molecule has 2 amide bonds. The fraction of sp³-hybridized carbons (Fsp3) is 0.500. The van der Waals surface area contributed by atoms with E-state index in [1.807, 2.05) is 25.1 Å². The number of nitrogens with one attached hydrogen (secondary N) is 1. The summed E-state index contributed by atoms with van der Waals surface area (Å²) in [5.74, 6) is 0.313. The van der Waals surface area contributed by atoms with E-state index in [9.17, 15) is 14.7 Å². The second-order valence-electron chi connectivity index (χ2n) is 8.55. The van der Waals surface area contributed by atoms with Crippen LogP contribution < -0.4 is 10.1 Å². The van der Waals surface area contributed by atoms with Gasteiger partial charge in [-0.3, -0.25) is 9.69 Å². The second-order valence-corrected chi connectivity index (χ2v) is 9.40. The van der Waals surface area contributed by atoms with Crippen molar-refractivity contribution in [3.8, 4) is 16.2 Å². The van der Waals surface area contributed by atoms with E-state index < -0.39 is 23.8 Å². The molecule has 1 aliphatic rings. The van der Waals surface area contributed by atoms with Gasteiger partial charge >= 0.3 is 6.09 Å². The number of hydrogen-bond donors (Lipinski definition) is 2. The van der Waals surface area contributed by atoms with Gasteiger partial charge in [-0.15, -0.1) is 11.3 Å². The summed E-state index contributed by atoms with van der Waals surface area (Å²) in [5, 5.41) is 12.9. The number of nitrogens with zero attached hydrogens (tertiary/aromatic N) is 2. The summed E-state index contributed by atoms with van der Waals surface area (Å²) in [5.41, 5.74) is 3.88. The first-order valence-electron chi connectivity index (χ1n) is 10.1. The number of likely N-dealkylation sites (tertiary alicyclic amines) is 1. The van der Waals surface area contributed by atoms with Crippen molar-refractivity contribution in [1.82, 2.24) is 15.2 Å². The Morgan fingerprint density at radius 3 is 2.71 bits per heavy atom. The summed E-state index contributed by atoms with van der Waals surface area (Å²) in [7, 11) is 1.58. The molecule has 1 aromatic heterocycles. The minimum absolute atomic E-state index is 0.0687. The van der Waals surface area contributed by atoms with E-state index in [0.29, 0.717) is 5.75 Å². The van der Waals surface area contributed by atoms with Crippen molar-refractivity contribution in [2.75, 3.05) is 13.7 Å². The van der Waals surface area contributed by atoms with Gasteiger partial charge in [-0.05, 0) is 39.3 Å². The molecule has 1 fully saturated rings. The highest BCUT2D eigenvalue weighted by Gasteiger charge is 2.40. The highest BCUT2D eigenvalue weighted by Crippen LogP contribution is 2.32. The van der Waals surface area contributed by atoms with Crippen molar-refractivity contribution < 1.29 is 24.2 Å². The molecule has 2 aromatic rings. The number of thiazole rings is 1. The zero-order valence-electron chi connectivity index (χ0n) is 18.5. The molecule has 3 rings (SSSR count). The lowest BCUT2D eigenvalue weighted by Crippen LogP contribution is -2.47. The van der Waals surface area contributed by atoms with E-state index >= 15 is 0 Å². The number of aryl methyl sites for hydroxylation is 1. The predicted molar refractivity (Wildman–Crippen MR) is 118 cm³/mol. The first kappa shape index (κ1) is 23.0. The maximum Gasteiger partial charge on any atom is 0.411 e. The average Bonchev–Trinajstić information content (AvgIpc) is 3.30. The van der Waals surface area contributed by atoms with E-state index in [2.05, 4.69) is 10.3 Å². The molecule has 1 aromatic carbocycles. The fourth-order valence-electron chi connectivity index (χ4n) is 3.50. The van der Waals surface area contributed by atoms with Crippen molar-refractivity contribution in [1.29, 1.82) is 0 Å². The Bertz CT molecular complexity index is 953. The summed E-state index contributed by atoms with van der Waals surface area (Å²) < 4.78 is 10.9. The van der Waals surface area contributed by atoms with Gasteiger partial charge in [0.2, 0.25) is 5.91 Å². The number of rotatable bonds is 5. The van der Waals surface area contributed by atoms with Crippen LogP contribution in [0.4, 0.5) is 4.79 Å². The molecule has 8 nitrogen and oxygen atoms in total. The van der Waals surface area contributed by atoms with E-state index in [1.54, 1.807) is 44.7 Å². The fourth-order valence-corrected chi connectivity index (χ4v) is 4.30. The third kappa shape index (κ3) is 5.54. The van der Waals surface area contributed by atoms with Crippen LogP contribution in [0.15, 0.2) is 23.7 Å². The third-order valence-corrected chi connectivity index (χ3v) is 5.94. The van der Waals surface area contributed by atoms with Crippen LogP contribution in [-0.2, 0) is 16.1 Å². The van der Waals surface area contributed by atoms with Crippen molar-refractivity contribution in [2.45, 2.75) is 58.4 Å². The maximum atomic E-state index is 12.8. The van der Waals surface area contributed by atoms with Gasteiger partial charge in [-0.1, -0.05) is 12.1 Å². The number of aliphatic hydroxyl groups is 1. The Morgan fingerprint density at radius 1 is 1.35 bits per heavy atom. The molecule has 0 aliphatic carbocycles. The van der Waals surface area contributed by atoms with Crippen LogP contribution in [0.1, 0.15) is 38.4 Å². The summed E-state index contributed by atoms with van der Waals surface area (Å²) in [6, 6.07) is 5.02. The van der Waals surface area contributed by atoms with Crippen molar-refractivity contribution in [3.63, 3.8) is 0 Å². The standard InChI is InChI=1S/C22H29N3O5S/c1-13-19(31-12-24-13)14-6-7-15(18(8-14)29-5)10-23-20(27)17-9-16(26)11-25(17)21(28)30-22(2,3)4/h6-8,12,16-17,26H,9-11H2,1-5H3,(H,23,27)/t16-,17?/m1/s1. The molecule has 0 radical (unpaired) electrons. The molecule has 168 valence electrons. The topological polar surface area (TPSA) is 101 Å². The third-order valence-electron chi connectivity index (χ3n) is 4.96. The summed E-state index contributed by atoms with van der Waals surface area (Å²) >= 11 is 1.56. The number of ether oxygens (including phenoxy) is 2. The Kier molecular flexibility index (Phi) is 6.86. The summed E-state index contributed by atoms with van der Waals surface area (Å²) in [6.45, 7) is 7.54. The number of hydrogen-bond acceptors (Lipinski definition) is 7. The minimum Gasteiger partial charge on any atom is -0.496 e. The van der Waals surface area contributed by atoms with Gasteiger partial charge in [-0.25, -0.2) is 9.78 Å². The Hall–Kier alpha value is -2.65. The number of carbonyl (C=O) groups excluding carboxylic acids is 2. The van der Waals surface area contributed by atoms with Gasteiger partial charge in [0.1, 0.15) is 17.4 Å².